The van der Waals surface area contributed by atoms with Crippen LogP contribution in [0.3, 0.4) is 0 Å². The van der Waals surface area contributed by atoms with E-state index in [1.165, 1.54) is 41.1 Å². The monoisotopic (exact) mass is 427 g/mol. The first-order valence-corrected chi connectivity index (χ1v) is 11.0. The summed E-state index contributed by atoms with van der Waals surface area (Å²) in [6, 6.07) is 15.9. The van der Waals surface area contributed by atoms with E-state index in [1.54, 1.807) is 4.68 Å². The molecular formula is C25H25N5O2. The first kappa shape index (κ1) is 20.2. The van der Waals surface area contributed by atoms with Gasteiger partial charge < -0.3 is 5.32 Å². The fourth-order valence-corrected chi connectivity index (χ4v) is 4.37. The molecule has 1 N–H and O–H groups in total. The first-order valence-electron chi connectivity index (χ1n) is 11.0. The van der Waals surface area contributed by atoms with Crippen molar-refractivity contribution >= 4 is 16.9 Å². The summed E-state index contributed by atoms with van der Waals surface area (Å²) < 4.78 is 2.95. The van der Waals surface area contributed by atoms with E-state index >= 15 is 0 Å². The molecule has 2 aromatic heterocycles. The highest BCUT2D eigenvalue weighted by Gasteiger charge is 2.16. The number of aromatic nitrogens is 4. The molecule has 0 bridgehead atoms. The molecule has 0 fully saturated rings. The van der Waals surface area contributed by atoms with Crippen molar-refractivity contribution in [2.45, 2.75) is 45.2 Å². The number of fused-ring (bicyclic) bond motifs is 2. The van der Waals surface area contributed by atoms with Crippen molar-refractivity contribution in [3.05, 3.63) is 88.1 Å². The van der Waals surface area contributed by atoms with Crippen molar-refractivity contribution in [1.82, 2.24) is 24.6 Å². The number of benzene rings is 2. The Balaban J connectivity index is 1.32. The Kier molecular flexibility index (Phi) is 5.31. The number of carbonyl (C=O) groups is 1. The van der Waals surface area contributed by atoms with E-state index < -0.39 is 0 Å². The third-order valence-electron chi connectivity index (χ3n) is 6.12. The van der Waals surface area contributed by atoms with Gasteiger partial charge in [0.25, 0.3) is 5.56 Å². The van der Waals surface area contributed by atoms with Crippen LogP contribution in [0, 0.1) is 0 Å². The van der Waals surface area contributed by atoms with Gasteiger partial charge in [0, 0.05) is 0 Å². The second kappa shape index (κ2) is 8.42. The molecular weight excluding hydrogens is 402 g/mol. The Hall–Kier alpha value is -3.74. The SMILES string of the molecule is C[C@H](NC(=O)Cn1cnc2c(cnn2-c2ccccc2)c1=O)c1ccc2c(c1)CCCC2. The van der Waals surface area contributed by atoms with E-state index in [2.05, 4.69) is 33.6 Å². The predicted molar refractivity (Wildman–Crippen MR) is 123 cm³/mol. The van der Waals surface area contributed by atoms with E-state index in [-0.39, 0.29) is 24.1 Å². The Morgan fingerprint density at radius 1 is 1.09 bits per heavy atom. The average molecular weight is 428 g/mol. The standard InChI is InChI=1S/C25H25N5O2/c1-17(19-12-11-18-7-5-6-8-20(18)13-19)28-23(31)15-29-16-26-24-22(25(29)32)14-27-30(24)21-9-3-2-4-10-21/h2-4,9-14,16-17H,5-8,15H2,1H3,(H,28,31)/t17-/m0/s1. The van der Waals surface area contributed by atoms with Gasteiger partial charge in [-0.3, -0.25) is 14.2 Å². The molecule has 1 aliphatic rings. The molecule has 7 heteroatoms. The number of hydrogen-bond donors (Lipinski definition) is 1. The Labute approximate surface area is 185 Å². The van der Waals surface area contributed by atoms with Gasteiger partial charge in [-0.2, -0.15) is 5.10 Å². The molecule has 1 amide bonds. The highest BCUT2D eigenvalue weighted by Crippen LogP contribution is 2.24. The van der Waals surface area contributed by atoms with Crippen LogP contribution in [0.15, 0.2) is 65.8 Å². The largest absolute Gasteiger partial charge is 0.348 e. The van der Waals surface area contributed by atoms with E-state index in [4.69, 9.17) is 0 Å². The van der Waals surface area contributed by atoms with Crippen molar-refractivity contribution in [2.75, 3.05) is 0 Å². The highest BCUT2D eigenvalue weighted by atomic mass is 16.2. The summed E-state index contributed by atoms with van der Waals surface area (Å²) in [5, 5.41) is 7.70. The predicted octanol–water partition coefficient (Wildman–Crippen LogP) is 3.34. The molecule has 32 heavy (non-hydrogen) atoms. The quantitative estimate of drug-likeness (QED) is 0.530. The summed E-state index contributed by atoms with van der Waals surface area (Å²) in [5.41, 5.74) is 4.90. The normalized spacial score (nSPS) is 14.2. The van der Waals surface area contributed by atoms with E-state index in [9.17, 15) is 9.59 Å². The van der Waals surface area contributed by atoms with Crippen molar-refractivity contribution in [1.29, 1.82) is 0 Å². The van der Waals surface area contributed by atoms with Crippen LogP contribution in [-0.2, 0) is 24.2 Å². The maximum atomic E-state index is 12.9. The van der Waals surface area contributed by atoms with E-state index in [0.29, 0.717) is 11.0 Å². The van der Waals surface area contributed by atoms with Gasteiger partial charge in [-0.15, -0.1) is 0 Å². The highest BCUT2D eigenvalue weighted by molar-refractivity contribution is 5.78. The Morgan fingerprint density at radius 2 is 1.88 bits per heavy atom. The molecule has 7 nitrogen and oxygen atoms in total. The number of carbonyl (C=O) groups excluding carboxylic acids is 1. The van der Waals surface area contributed by atoms with Crippen molar-refractivity contribution in [3.63, 3.8) is 0 Å². The van der Waals surface area contributed by atoms with Crippen LogP contribution in [0.1, 0.15) is 42.5 Å². The minimum absolute atomic E-state index is 0.0897. The summed E-state index contributed by atoms with van der Waals surface area (Å²) in [6.45, 7) is 1.88. The summed E-state index contributed by atoms with van der Waals surface area (Å²) in [4.78, 5) is 30.0. The lowest BCUT2D eigenvalue weighted by molar-refractivity contribution is -0.122. The number of rotatable bonds is 5. The van der Waals surface area contributed by atoms with Gasteiger partial charge in [-0.05, 0) is 61.4 Å². The number of hydrogen-bond acceptors (Lipinski definition) is 4. The average Bonchev–Trinajstić information content (AvgIpc) is 3.26. The van der Waals surface area contributed by atoms with Crippen LogP contribution >= 0.6 is 0 Å². The minimum Gasteiger partial charge on any atom is -0.348 e. The van der Waals surface area contributed by atoms with Crippen LogP contribution < -0.4 is 10.9 Å². The van der Waals surface area contributed by atoms with E-state index in [1.807, 2.05) is 37.3 Å². The molecule has 162 valence electrons. The van der Waals surface area contributed by atoms with Gasteiger partial charge in [0.2, 0.25) is 5.91 Å². The smallest absolute Gasteiger partial charge is 0.264 e. The fourth-order valence-electron chi connectivity index (χ4n) is 4.37. The molecule has 2 aromatic carbocycles. The van der Waals surface area contributed by atoms with Crippen LogP contribution in [0.4, 0.5) is 0 Å². The first-order chi connectivity index (χ1) is 15.6. The summed E-state index contributed by atoms with van der Waals surface area (Å²) >= 11 is 0. The van der Waals surface area contributed by atoms with Gasteiger partial charge in [0.1, 0.15) is 18.3 Å². The van der Waals surface area contributed by atoms with Crippen molar-refractivity contribution in [3.8, 4) is 5.69 Å². The topological polar surface area (TPSA) is 81.8 Å². The molecule has 5 rings (SSSR count). The molecule has 0 saturated carbocycles. The van der Waals surface area contributed by atoms with Gasteiger partial charge in [-0.1, -0.05) is 36.4 Å². The summed E-state index contributed by atoms with van der Waals surface area (Å²) in [5.74, 6) is -0.228. The summed E-state index contributed by atoms with van der Waals surface area (Å²) in [6.07, 6.45) is 7.61. The van der Waals surface area contributed by atoms with Crippen LogP contribution in [0.5, 0.6) is 0 Å². The molecule has 0 radical (unpaired) electrons. The van der Waals surface area contributed by atoms with Crippen LogP contribution in [-0.4, -0.2) is 25.2 Å². The molecule has 1 aliphatic carbocycles. The zero-order chi connectivity index (χ0) is 22.1. The van der Waals surface area contributed by atoms with Gasteiger partial charge in [0.05, 0.1) is 17.9 Å². The fraction of sp³-hybridized carbons (Fsp3) is 0.280. The maximum absolute atomic E-state index is 12.9. The van der Waals surface area contributed by atoms with Gasteiger partial charge in [0.15, 0.2) is 5.65 Å². The van der Waals surface area contributed by atoms with Crippen molar-refractivity contribution in [2.24, 2.45) is 0 Å². The van der Waals surface area contributed by atoms with Gasteiger partial charge >= 0.3 is 0 Å². The zero-order valence-corrected chi connectivity index (χ0v) is 18.0. The lowest BCUT2D eigenvalue weighted by Crippen LogP contribution is -2.34. The molecule has 4 aromatic rings. The number of nitrogens with one attached hydrogen (secondary N) is 1. The number of nitrogens with zero attached hydrogens (tertiary/aromatic N) is 4. The van der Waals surface area contributed by atoms with Gasteiger partial charge in [-0.25, -0.2) is 9.67 Å². The molecule has 2 heterocycles. The zero-order valence-electron chi connectivity index (χ0n) is 18.0. The minimum atomic E-state index is -0.284. The molecule has 0 unspecified atom stereocenters. The van der Waals surface area contributed by atoms with Crippen LogP contribution in [0.2, 0.25) is 0 Å². The second-order valence-corrected chi connectivity index (χ2v) is 8.33. The lowest BCUT2D eigenvalue weighted by atomic mass is 9.89. The van der Waals surface area contributed by atoms with Crippen molar-refractivity contribution < 1.29 is 4.79 Å². The number of amides is 1. The Morgan fingerprint density at radius 3 is 2.69 bits per heavy atom. The maximum Gasteiger partial charge on any atom is 0.264 e. The lowest BCUT2D eigenvalue weighted by Gasteiger charge is -2.20. The third-order valence-corrected chi connectivity index (χ3v) is 6.12. The summed E-state index contributed by atoms with van der Waals surface area (Å²) in [7, 11) is 0. The molecule has 0 spiro atoms. The number of aryl methyl sites for hydroxylation is 2. The van der Waals surface area contributed by atoms with Crippen LogP contribution in [0.25, 0.3) is 16.7 Å². The molecule has 0 saturated heterocycles. The number of para-hydroxylation sites is 1. The Bertz CT molecular complexity index is 1340. The molecule has 1 atom stereocenters. The second-order valence-electron chi connectivity index (χ2n) is 8.33. The van der Waals surface area contributed by atoms with E-state index in [0.717, 1.165) is 24.1 Å². The molecule has 0 aliphatic heterocycles. The third kappa shape index (κ3) is 3.82.